The van der Waals surface area contributed by atoms with Crippen LogP contribution in [0.2, 0.25) is 0 Å². The van der Waals surface area contributed by atoms with E-state index in [1.165, 1.54) is 107 Å². The summed E-state index contributed by atoms with van der Waals surface area (Å²) >= 11 is 0. The quantitative estimate of drug-likeness (QED) is 0.0736. The molecule has 504 valence electrons. The van der Waals surface area contributed by atoms with E-state index in [9.17, 15) is 53.5 Å². The Morgan fingerprint density at radius 2 is 0.795 bits per heavy atom. The standard InChI is InChI=1S/C63H113N11O14/c1-33(2)28-44-56(79)66-50(38(11)12)62(85)70(21)45(29-34(3)4)55(78)64-42(17)54(77)65-43(18)58(81)71(22)46(30-35(5)6)59(82)72(23)47(31-36(7)8)60(83)73(24)51(39(13)14)63(86)74(25)52(53(76)40(15)26-27-41(16)88-87)57(80)67-49(37(9)10)61(84)68(19)32-48(75)69(44)20/h26-27,33-47,49-53,76,87H,28-32H2,1-25H3,(H,64,78)(H,65,77)(H,66,79)(H,67,80)/b27-26+/t40-,41-,42-,43+,44-,45-,46-,47-,49-,50-,51-,52-,53+/m0/s1. The molecule has 0 aromatic rings. The number of rotatable bonds is 16. The van der Waals surface area contributed by atoms with E-state index in [0.29, 0.717) is 0 Å². The summed E-state index contributed by atoms with van der Waals surface area (Å²) < 4.78 is 0. The fraction of sp³-hybridized carbons (Fsp3) is 0.794. The molecule has 1 saturated heterocycles. The van der Waals surface area contributed by atoms with Gasteiger partial charge in [-0.05, 0) is 87.9 Å². The molecule has 0 aliphatic carbocycles. The number of aliphatic hydroxyl groups is 1. The molecule has 13 atom stereocenters. The number of carbonyl (C=O) groups excluding carboxylic acids is 11. The highest BCUT2D eigenvalue weighted by Gasteiger charge is 2.46. The molecule has 25 heteroatoms. The molecular weight excluding hydrogens is 1130 g/mol. The van der Waals surface area contributed by atoms with Crippen molar-refractivity contribution < 1.29 is 68.0 Å². The van der Waals surface area contributed by atoms with E-state index in [0.717, 1.165) is 9.80 Å². The van der Waals surface area contributed by atoms with E-state index in [-0.39, 0.29) is 49.4 Å². The minimum absolute atomic E-state index is 0.112. The van der Waals surface area contributed by atoms with Crippen LogP contribution in [0.4, 0.5) is 0 Å². The summed E-state index contributed by atoms with van der Waals surface area (Å²) in [5.74, 6) is -11.2. The minimum Gasteiger partial charge on any atom is -0.390 e. The summed E-state index contributed by atoms with van der Waals surface area (Å²) in [5.41, 5.74) is 0. The fourth-order valence-electron chi connectivity index (χ4n) is 10.8. The zero-order chi connectivity index (χ0) is 68.4. The van der Waals surface area contributed by atoms with Gasteiger partial charge in [0.2, 0.25) is 65.0 Å². The van der Waals surface area contributed by atoms with Gasteiger partial charge in [0.05, 0.1) is 12.6 Å². The van der Waals surface area contributed by atoms with Gasteiger partial charge in [0.15, 0.2) is 0 Å². The van der Waals surface area contributed by atoms with Gasteiger partial charge < -0.3 is 60.7 Å². The number of hydrogen-bond donors (Lipinski definition) is 6. The summed E-state index contributed by atoms with van der Waals surface area (Å²) in [5, 5.41) is 32.5. The maximum absolute atomic E-state index is 15.2. The topological polar surface area (TPSA) is 308 Å². The van der Waals surface area contributed by atoms with Crippen molar-refractivity contribution in [3.8, 4) is 0 Å². The van der Waals surface area contributed by atoms with Crippen LogP contribution in [-0.2, 0) is 57.6 Å². The highest BCUT2D eigenvalue weighted by molar-refractivity contribution is 5.99. The van der Waals surface area contributed by atoms with Gasteiger partial charge in [-0.2, -0.15) is 0 Å². The van der Waals surface area contributed by atoms with Crippen LogP contribution in [-0.4, -0.2) is 238 Å². The number of carbonyl (C=O) groups is 11. The van der Waals surface area contributed by atoms with Crippen LogP contribution >= 0.6 is 0 Å². The lowest BCUT2D eigenvalue weighted by atomic mass is 9.92. The first-order chi connectivity index (χ1) is 40.5. The van der Waals surface area contributed by atoms with Crippen molar-refractivity contribution in [1.29, 1.82) is 0 Å². The van der Waals surface area contributed by atoms with Gasteiger partial charge in [-0.15, -0.1) is 0 Å². The molecule has 1 rings (SSSR count). The van der Waals surface area contributed by atoms with Crippen molar-refractivity contribution in [2.24, 2.45) is 47.3 Å². The molecule has 88 heavy (non-hydrogen) atoms. The highest BCUT2D eigenvalue weighted by atomic mass is 17.1. The number of amides is 11. The molecule has 0 saturated carbocycles. The second kappa shape index (κ2) is 35.8. The van der Waals surface area contributed by atoms with E-state index < -0.39 is 168 Å². The number of aliphatic hydroxyl groups excluding tert-OH is 1. The van der Waals surface area contributed by atoms with E-state index in [4.69, 9.17) is 0 Å². The molecule has 0 radical (unpaired) electrons. The highest BCUT2D eigenvalue weighted by Crippen LogP contribution is 2.26. The second-order valence-corrected chi connectivity index (χ2v) is 27.1. The Hall–Kier alpha value is -6.21. The Bertz CT molecular complexity index is 2420. The van der Waals surface area contributed by atoms with Gasteiger partial charge in [0, 0.05) is 55.3 Å². The Balaban J connectivity index is 4.41. The second-order valence-electron chi connectivity index (χ2n) is 27.1. The molecule has 0 aromatic carbocycles. The van der Waals surface area contributed by atoms with Crippen molar-refractivity contribution in [3.05, 3.63) is 12.2 Å². The van der Waals surface area contributed by atoms with Crippen molar-refractivity contribution in [3.63, 3.8) is 0 Å². The molecule has 1 heterocycles. The first kappa shape index (κ1) is 79.8. The lowest BCUT2D eigenvalue weighted by Gasteiger charge is -2.41. The van der Waals surface area contributed by atoms with Gasteiger partial charge in [-0.25, -0.2) is 4.89 Å². The lowest BCUT2D eigenvalue weighted by molar-refractivity contribution is -0.261. The van der Waals surface area contributed by atoms with Crippen LogP contribution in [0, 0.1) is 47.3 Å². The van der Waals surface area contributed by atoms with Crippen LogP contribution in [0.1, 0.15) is 150 Å². The first-order valence-electron chi connectivity index (χ1n) is 31.2. The zero-order valence-corrected chi connectivity index (χ0v) is 57.7. The van der Waals surface area contributed by atoms with Crippen LogP contribution in [0.15, 0.2) is 12.2 Å². The van der Waals surface area contributed by atoms with E-state index in [1.807, 2.05) is 55.4 Å². The van der Waals surface area contributed by atoms with Crippen LogP contribution in [0.25, 0.3) is 0 Å². The summed E-state index contributed by atoms with van der Waals surface area (Å²) in [7, 11) is 9.74. The third kappa shape index (κ3) is 22.4. The molecule has 1 fully saturated rings. The van der Waals surface area contributed by atoms with Crippen LogP contribution < -0.4 is 21.3 Å². The maximum Gasteiger partial charge on any atom is 0.246 e. The van der Waals surface area contributed by atoms with Crippen molar-refractivity contribution in [2.45, 2.75) is 223 Å². The number of nitrogens with one attached hydrogen (secondary N) is 4. The van der Waals surface area contributed by atoms with Gasteiger partial charge in [-0.3, -0.25) is 58.0 Å². The first-order valence-corrected chi connectivity index (χ1v) is 31.2. The van der Waals surface area contributed by atoms with Crippen molar-refractivity contribution in [2.75, 3.05) is 55.9 Å². The van der Waals surface area contributed by atoms with Crippen molar-refractivity contribution >= 4 is 65.0 Å². The Morgan fingerprint density at radius 1 is 0.420 bits per heavy atom. The molecule has 0 spiro atoms. The third-order valence-electron chi connectivity index (χ3n) is 16.3. The van der Waals surface area contributed by atoms with E-state index >= 15 is 9.59 Å². The smallest absolute Gasteiger partial charge is 0.246 e. The van der Waals surface area contributed by atoms with Gasteiger partial charge in [-0.1, -0.05) is 116 Å². The summed E-state index contributed by atoms with van der Waals surface area (Å²) in [6.07, 6.45) is 0.911. The molecular formula is C63H113N11O14. The predicted molar refractivity (Wildman–Crippen MR) is 336 cm³/mol. The predicted octanol–water partition coefficient (Wildman–Crippen LogP) is 2.98. The molecule has 6 N–H and O–H groups in total. The number of likely N-dealkylation sites (N-methyl/N-ethyl adjacent to an activating group) is 7. The molecule has 11 amide bonds. The molecule has 0 aromatic heterocycles. The maximum atomic E-state index is 15.2. The molecule has 1 aliphatic heterocycles. The average Bonchev–Trinajstić information content (AvgIpc) is 1.28. The Kier molecular flexibility index (Phi) is 32.5. The Morgan fingerprint density at radius 3 is 1.24 bits per heavy atom. The lowest BCUT2D eigenvalue weighted by Crippen LogP contribution is -2.64. The SMILES string of the molecule is CC(C)C[C@H]1C(=O)N[C@@H](C(C)C)C(=O)N(C)[C@@H](CC(C)C)C(=O)N[C@@H](C)C(=O)N[C@H](C)C(=O)N(C)[C@@H](CC(C)C)C(=O)N(C)[C@@H](CC(C)C)C(=O)N(C)[C@@H](C(C)C)C(=O)N(C)[C@@H]([C@H](O)[C@@H](C)/C=C/[C@H](C)OO)C(=O)N[C@@H](C(C)C)C(=O)N(C)CC(=O)N1C. The third-order valence-corrected chi connectivity index (χ3v) is 16.3. The monoisotopic (exact) mass is 1250 g/mol. The van der Waals surface area contributed by atoms with Crippen molar-refractivity contribution in [1.82, 2.24) is 55.6 Å². The normalized spacial score (nSPS) is 26.8. The minimum atomic E-state index is -1.75. The summed E-state index contributed by atoms with van der Waals surface area (Å²) in [6.45, 7) is 30.3. The fourth-order valence-corrected chi connectivity index (χ4v) is 10.8. The van der Waals surface area contributed by atoms with Gasteiger partial charge >= 0.3 is 0 Å². The van der Waals surface area contributed by atoms with Crippen LogP contribution in [0.3, 0.4) is 0 Å². The zero-order valence-electron chi connectivity index (χ0n) is 57.7. The molecule has 25 nitrogen and oxygen atoms in total. The van der Waals surface area contributed by atoms with Gasteiger partial charge in [0.1, 0.15) is 66.5 Å². The van der Waals surface area contributed by atoms with Gasteiger partial charge in [0.25, 0.3) is 0 Å². The van der Waals surface area contributed by atoms with E-state index in [1.54, 1.807) is 48.5 Å². The van der Waals surface area contributed by atoms with E-state index in [2.05, 4.69) is 26.2 Å². The Labute approximate surface area is 525 Å². The molecule has 1 aliphatic rings. The largest absolute Gasteiger partial charge is 0.390 e. The number of hydrogen-bond acceptors (Lipinski definition) is 14. The average molecular weight is 1250 g/mol. The summed E-state index contributed by atoms with van der Waals surface area (Å²) in [6, 6.07) is -12.8. The summed E-state index contributed by atoms with van der Waals surface area (Å²) in [4.78, 5) is 174. The molecule has 0 bridgehead atoms. The molecule has 0 unspecified atom stereocenters. The number of nitrogens with zero attached hydrogens (tertiary/aromatic N) is 7. The van der Waals surface area contributed by atoms with Crippen LogP contribution in [0.5, 0.6) is 0 Å².